The van der Waals surface area contributed by atoms with Crippen LogP contribution in [0.2, 0.25) is 0 Å². The van der Waals surface area contributed by atoms with Gasteiger partial charge in [-0.2, -0.15) is 0 Å². The van der Waals surface area contributed by atoms with Gasteiger partial charge >= 0.3 is 5.97 Å². The van der Waals surface area contributed by atoms with Crippen LogP contribution in [0.15, 0.2) is 24.3 Å². The number of hydrogen-bond acceptors (Lipinski definition) is 3. The summed E-state index contributed by atoms with van der Waals surface area (Å²) in [5.74, 6) is -1.98. The minimum absolute atomic E-state index is 0.175. The van der Waals surface area contributed by atoms with Crippen molar-refractivity contribution in [3.8, 4) is 0 Å². The highest BCUT2D eigenvalue weighted by molar-refractivity contribution is 5.96. The van der Waals surface area contributed by atoms with Crippen molar-refractivity contribution in [2.45, 2.75) is 38.6 Å². The molecule has 0 aromatic heterocycles. The topological polar surface area (TPSA) is 86.7 Å². The van der Waals surface area contributed by atoms with Gasteiger partial charge in [0.2, 0.25) is 11.8 Å². The lowest BCUT2D eigenvalue weighted by Crippen LogP contribution is -2.41. The molecule has 2 unspecified atom stereocenters. The first kappa shape index (κ1) is 16.5. The van der Waals surface area contributed by atoms with Crippen molar-refractivity contribution in [2.75, 3.05) is 11.9 Å². The zero-order valence-electron chi connectivity index (χ0n) is 13.5. The molecule has 1 heterocycles. The van der Waals surface area contributed by atoms with Crippen LogP contribution in [0, 0.1) is 11.8 Å². The Morgan fingerprint density at radius 1 is 1.21 bits per heavy atom. The molecule has 24 heavy (non-hydrogen) atoms. The molecule has 1 aliphatic heterocycles. The van der Waals surface area contributed by atoms with Crippen LogP contribution in [0.4, 0.5) is 5.69 Å². The molecule has 3 rings (SSSR count). The summed E-state index contributed by atoms with van der Waals surface area (Å²) >= 11 is 0. The second-order valence-electron chi connectivity index (χ2n) is 6.59. The third-order valence-corrected chi connectivity index (χ3v) is 4.92. The van der Waals surface area contributed by atoms with Gasteiger partial charge in [-0.05, 0) is 43.4 Å². The van der Waals surface area contributed by atoms with E-state index in [1.54, 1.807) is 6.07 Å². The maximum Gasteiger partial charge on any atom is 0.307 e. The molecule has 0 radical (unpaired) electrons. The van der Waals surface area contributed by atoms with Crippen LogP contribution in [-0.4, -0.2) is 34.3 Å². The van der Waals surface area contributed by atoms with Gasteiger partial charge in [0.1, 0.15) is 0 Å². The highest BCUT2D eigenvalue weighted by atomic mass is 16.4. The quantitative estimate of drug-likeness (QED) is 0.867. The number of carbonyl (C=O) groups excluding carboxylic acids is 2. The van der Waals surface area contributed by atoms with E-state index in [9.17, 15) is 14.4 Å². The van der Waals surface area contributed by atoms with Gasteiger partial charge in [-0.25, -0.2) is 0 Å². The van der Waals surface area contributed by atoms with E-state index in [-0.39, 0.29) is 11.8 Å². The van der Waals surface area contributed by atoms with Crippen LogP contribution in [0.5, 0.6) is 0 Å². The lowest BCUT2D eigenvalue weighted by Gasteiger charge is -2.32. The second-order valence-corrected chi connectivity index (χ2v) is 6.59. The summed E-state index contributed by atoms with van der Waals surface area (Å²) in [7, 11) is 0. The number of aliphatic carboxylic acids is 1. The Hall–Kier alpha value is -2.37. The van der Waals surface area contributed by atoms with Crippen LogP contribution in [-0.2, 0) is 20.9 Å². The normalized spacial score (nSPS) is 23.5. The Labute approximate surface area is 140 Å². The summed E-state index contributed by atoms with van der Waals surface area (Å²) in [6, 6.07) is 7.41. The van der Waals surface area contributed by atoms with E-state index in [2.05, 4.69) is 5.32 Å². The van der Waals surface area contributed by atoms with Crippen molar-refractivity contribution in [3.63, 3.8) is 0 Å². The van der Waals surface area contributed by atoms with Crippen molar-refractivity contribution in [3.05, 3.63) is 29.8 Å². The fourth-order valence-electron chi connectivity index (χ4n) is 3.34. The number of rotatable bonds is 5. The minimum atomic E-state index is -0.904. The van der Waals surface area contributed by atoms with Crippen molar-refractivity contribution in [1.82, 2.24) is 4.90 Å². The van der Waals surface area contributed by atoms with Crippen LogP contribution in [0.3, 0.4) is 0 Å². The van der Waals surface area contributed by atoms with Crippen molar-refractivity contribution in [2.24, 2.45) is 11.8 Å². The van der Waals surface area contributed by atoms with Gasteiger partial charge in [0.15, 0.2) is 0 Å². The number of anilines is 1. The smallest absolute Gasteiger partial charge is 0.307 e. The summed E-state index contributed by atoms with van der Waals surface area (Å²) in [6.07, 6.45) is 3.77. The van der Waals surface area contributed by atoms with E-state index < -0.39 is 17.8 Å². The zero-order valence-corrected chi connectivity index (χ0v) is 13.5. The van der Waals surface area contributed by atoms with E-state index in [1.165, 1.54) is 0 Å². The average Bonchev–Trinajstić information content (AvgIpc) is 2.48. The number of carboxylic acid groups (broad SMARTS) is 1. The molecule has 2 amide bonds. The first-order valence-corrected chi connectivity index (χ1v) is 8.45. The first-order chi connectivity index (χ1) is 11.5. The molecular formula is C18H22N2O4. The molecule has 1 aromatic rings. The third kappa shape index (κ3) is 3.58. The minimum Gasteiger partial charge on any atom is -0.481 e. The van der Waals surface area contributed by atoms with Gasteiger partial charge in [0, 0.05) is 25.2 Å². The third-order valence-electron chi connectivity index (χ3n) is 4.92. The fraction of sp³-hybridized carbons (Fsp3) is 0.500. The molecule has 2 aliphatic rings. The average molecular weight is 330 g/mol. The van der Waals surface area contributed by atoms with Crippen LogP contribution >= 0.6 is 0 Å². The van der Waals surface area contributed by atoms with Crippen molar-refractivity contribution < 1.29 is 19.5 Å². The second kappa shape index (κ2) is 7.03. The lowest BCUT2D eigenvalue weighted by molar-refractivity contribution is -0.151. The Morgan fingerprint density at radius 2 is 2.00 bits per heavy atom. The van der Waals surface area contributed by atoms with Crippen LogP contribution in [0.25, 0.3) is 0 Å². The molecular weight excluding hydrogens is 308 g/mol. The Kier molecular flexibility index (Phi) is 4.83. The maximum absolute atomic E-state index is 12.2. The summed E-state index contributed by atoms with van der Waals surface area (Å²) in [4.78, 5) is 37.0. The SMILES string of the molecule is O=C(O)C1CCC1C(=O)Nc1cccc(CN2CCCCC2=O)c1. The molecule has 0 bridgehead atoms. The highest BCUT2D eigenvalue weighted by Gasteiger charge is 2.41. The van der Waals surface area contributed by atoms with Gasteiger partial charge in [-0.3, -0.25) is 14.4 Å². The first-order valence-electron chi connectivity index (χ1n) is 8.45. The van der Waals surface area contributed by atoms with Crippen molar-refractivity contribution in [1.29, 1.82) is 0 Å². The Morgan fingerprint density at radius 3 is 2.67 bits per heavy atom. The lowest BCUT2D eigenvalue weighted by atomic mass is 9.73. The number of piperidine rings is 1. The number of amides is 2. The largest absolute Gasteiger partial charge is 0.481 e. The zero-order chi connectivity index (χ0) is 17.1. The number of hydrogen-bond donors (Lipinski definition) is 2. The van der Waals surface area contributed by atoms with Crippen LogP contribution < -0.4 is 5.32 Å². The number of nitrogens with zero attached hydrogens (tertiary/aromatic N) is 1. The highest BCUT2D eigenvalue weighted by Crippen LogP contribution is 2.35. The van der Waals surface area contributed by atoms with E-state index in [0.29, 0.717) is 31.5 Å². The standard InChI is InChI=1S/C18H22N2O4/c21-16-6-1-2-9-20(16)11-12-4-3-5-13(10-12)19-17(22)14-7-8-15(14)18(23)24/h3-5,10,14-15H,1-2,6-9,11H2,(H,19,22)(H,23,24). The molecule has 1 aromatic carbocycles. The number of benzene rings is 1. The number of likely N-dealkylation sites (tertiary alicyclic amines) is 1. The van der Waals surface area contributed by atoms with Crippen molar-refractivity contribution >= 4 is 23.5 Å². The molecule has 128 valence electrons. The van der Waals surface area contributed by atoms with E-state index in [4.69, 9.17) is 5.11 Å². The molecule has 2 atom stereocenters. The molecule has 1 aliphatic carbocycles. The molecule has 1 saturated carbocycles. The summed E-state index contributed by atoms with van der Waals surface area (Å²) in [5.41, 5.74) is 1.62. The van der Waals surface area contributed by atoms with E-state index in [0.717, 1.165) is 24.9 Å². The summed E-state index contributed by atoms with van der Waals surface area (Å²) in [6.45, 7) is 1.32. The van der Waals surface area contributed by atoms with E-state index in [1.807, 2.05) is 23.1 Å². The predicted molar refractivity (Wildman–Crippen MR) is 88.2 cm³/mol. The van der Waals surface area contributed by atoms with Gasteiger partial charge in [0.05, 0.1) is 11.8 Å². The Bertz CT molecular complexity index is 658. The Balaban J connectivity index is 1.62. The summed E-state index contributed by atoms with van der Waals surface area (Å²) < 4.78 is 0. The molecule has 2 fully saturated rings. The molecule has 0 spiro atoms. The van der Waals surface area contributed by atoms with Gasteiger partial charge < -0.3 is 15.3 Å². The van der Waals surface area contributed by atoms with Gasteiger partial charge in [-0.1, -0.05) is 12.1 Å². The monoisotopic (exact) mass is 330 g/mol. The van der Waals surface area contributed by atoms with Crippen LogP contribution in [0.1, 0.15) is 37.7 Å². The van der Waals surface area contributed by atoms with Gasteiger partial charge in [-0.15, -0.1) is 0 Å². The molecule has 2 N–H and O–H groups in total. The molecule has 6 nitrogen and oxygen atoms in total. The molecule has 6 heteroatoms. The predicted octanol–water partition coefficient (Wildman–Crippen LogP) is 2.25. The summed E-state index contributed by atoms with van der Waals surface area (Å²) in [5, 5.41) is 11.9. The number of carboxylic acids is 1. The van der Waals surface area contributed by atoms with Gasteiger partial charge in [0.25, 0.3) is 0 Å². The molecule has 1 saturated heterocycles. The number of carbonyl (C=O) groups is 3. The van der Waals surface area contributed by atoms with E-state index >= 15 is 0 Å². The number of nitrogens with one attached hydrogen (secondary N) is 1. The maximum atomic E-state index is 12.2. The fourth-order valence-corrected chi connectivity index (χ4v) is 3.34.